The summed E-state index contributed by atoms with van der Waals surface area (Å²) in [5.41, 5.74) is -1.32. The lowest BCUT2D eigenvalue weighted by atomic mass is 10.4. The molecular formula is C7H6F6N2. The summed E-state index contributed by atoms with van der Waals surface area (Å²) in [4.78, 5) is 2.88. The first-order valence-electron chi connectivity index (χ1n) is 3.76. The third kappa shape index (κ3) is 3.14. The number of aryl methyl sites for hydroxylation is 1. The van der Waals surface area contributed by atoms with Gasteiger partial charge >= 0.3 is 12.4 Å². The van der Waals surface area contributed by atoms with Crippen LogP contribution in [0.2, 0.25) is 0 Å². The number of aromatic nitrogens is 2. The molecule has 0 unspecified atom stereocenters. The van der Waals surface area contributed by atoms with Gasteiger partial charge in [-0.15, -0.1) is 0 Å². The first kappa shape index (κ1) is 11.9. The van der Waals surface area contributed by atoms with Gasteiger partial charge in [-0.3, -0.25) is 0 Å². The highest BCUT2D eigenvalue weighted by molar-refractivity contribution is 5.08. The summed E-state index contributed by atoms with van der Waals surface area (Å²) in [7, 11) is 1.09. The van der Waals surface area contributed by atoms with E-state index < -0.39 is 30.3 Å². The van der Waals surface area contributed by atoms with Crippen LogP contribution in [-0.4, -0.2) is 15.7 Å². The van der Waals surface area contributed by atoms with Gasteiger partial charge in [0.2, 0.25) is 0 Å². The topological polar surface area (TPSA) is 17.8 Å². The highest BCUT2D eigenvalue weighted by atomic mass is 19.4. The highest BCUT2D eigenvalue weighted by Gasteiger charge is 2.36. The monoisotopic (exact) mass is 232 g/mol. The van der Waals surface area contributed by atoms with Crippen molar-refractivity contribution >= 4 is 0 Å². The van der Waals surface area contributed by atoms with Gasteiger partial charge in [0.25, 0.3) is 0 Å². The lowest BCUT2D eigenvalue weighted by Crippen LogP contribution is -2.15. The lowest BCUT2D eigenvalue weighted by Gasteiger charge is -2.05. The average Bonchev–Trinajstić information content (AvgIpc) is 2.27. The molecule has 8 heteroatoms. The zero-order valence-electron chi connectivity index (χ0n) is 7.45. The molecule has 0 N–H and O–H groups in total. The number of halogens is 6. The number of rotatable bonds is 1. The van der Waals surface area contributed by atoms with Crippen molar-refractivity contribution in [2.24, 2.45) is 7.05 Å². The van der Waals surface area contributed by atoms with Crippen LogP contribution in [-0.2, 0) is 19.6 Å². The zero-order chi connectivity index (χ0) is 11.9. The van der Waals surface area contributed by atoms with E-state index in [1.54, 1.807) is 0 Å². The molecule has 0 saturated carbocycles. The van der Waals surface area contributed by atoms with Gasteiger partial charge < -0.3 is 4.57 Å². The summed E-state index contributed by atoms with van der Waals surface area (Å²) < 4.78 is 72.6. The van der Waals surface area contributed by atoms with Gasteiger partial charge in [0.15, 0.2) is 5.69 Å². The van der Waals surface area contributed by atoms with Gasteiger partial charge in [0.05, 0.1) is 0 Å². The van der Waals surface area contributed by atoms with E-state index in [2.05, 4.69) is 4.98 Å². The van der Waals surface area contributed by atoms with Crippen LogP contribution in [0.25, 0.3) is 0 Å². The molecule has 0 atom stereocenters. The smallest absolute Gasteiger partial charge is 0.337 e. The number of nitrogens with zero attached hydrogens (tertiary/aromatic N) is 2. The molecule has 0 aliphatic heterocycles. The maximum absolute atomic E-state index is 12.1. The predicted octanol–water partition coefficient (Wildman–Crippen LogP) is 2.54. The van der Waals surface area contributed by atoms with Crippen molar-refractivity contribution in [2.75, 3.05) is 0 Å². The minimum absolute atomic E-state index is 0.529. The molecule has 0 saturated heterocycles. The Morgan fingerprint density at radius 3 is 2.07 bits per heavy atom. The van der Waals surface area contributed by atoms with Crippen molar-refractivity contribution in [3.05, 3.63) is 17.7 Å². The Balaban J connectivity index is 2.97. The molecule has 15 heavy (non-hydrogen) atoms. The molecule has 86 valence electrons. The first-order chi connectivity index (χ1) is 6.59. The van der Waals surface area contributed by atoms with Crippen molar-refractivity contribution < 1.29 is 26.3 Å². The molecule has 2 nitrogen and oxygen atoms in total. The molecule has 1 rings (SSSR count). The molecule has 0 aromatic carbocycles. The number of alkyl halides is 6. The molecular weight excluding hydrogens is 226 g/mol. The van der Waals surface area contributed by atoms with E-state index in [0.29, 0.717) is 6.20 Å². The fraction of sp³-hybridized carbons (Fsp3) is 0.571. The fourth-order valence-electron chi connectivity index (χ4n) is 0.985. The Morgan fingerprint density at radius 2 is 1.73 bits per heavy atom. The van der Waals surface area contributed by atoms with Crippen molar-refractivity contribution in [1.29, 1.82) is 0 Å². The van der Waals surface area contributed by atoms with E-state index in [1.807, 2.05) is 0 Å². The van der Waals surface area contributed by atoms with Crippen molar-refractivity contribution in [3.8, 4) is 0 Å². The van der Waals surface area contributed by atoms with Crippen molar-refractivity contribution in [3.63, 3.8) is 0 Å². The predicted molar refractivity (Wildman–Crippen MR) is 38.0 cm³/mol. The quantitative estimate of drug-likeness (QED) is 0.680. The Labute approximate surface area is 80.5 Å². The van der Waals surface area contributed by atoms with Crippen LogP contribution in [0.4, 0.5) is 26.3 Å². The average molecular weight is 232 g/mol. The SMILES string of the molecule is Cn1cc(C(F)(F)F)nc1CC(F)(F)F. The largest absolute Gasteiger partial charge is 0.434 e. The van der Waals surface area contributed by atoms with Gasteiger partial charge in [0, 0.05) is 13.2 Å². The summed E-state index contributed by atoms with van der Waals surface area (Å²) in [6, 6.07) is 0. The third-order valence-corrected chi connectivity index (χ3v) is 1.62. The summed E-state index contributed by atoms with van der Waals surface area (Å²) in [5, 5.41) is 0. The van der Waals surface area contributed by atoms with Crippen LogP contribution in [0.1, 0.15) is 11.5 Å². The fourth-order valence-corrected chi connectivity index (χ4v) is 0.985. The van der Waals surface area contributed by atoms with Crippen LogP contribution in [0.15, 0.2) is 6.20 Å². The third-order valence-electron chi connectivity index (χ3n) is 1.62. The molecule has 0 spiro atoms. The molecule has 0 aliphatic carbocycles. The van der Waals surface area contributed by atoms with Gasteiger partial charge in [-0.1, -0.05) is 0 Å². The van der Waals surface area contributed by atoms with Crippen LogP contribution >= 0.6 is 0 Å². The van der Waals surface area contributed by atoms with E-state index in [9.17, 15) is 26.3 Å². The molecule has 1 aromatic rings. The van der Waals surface area contributed by atoms with Gasteiger partial charge in [-0.2, -0.15) is 26.3 Å². The Kier molecular flexibility index (Phi) is 2.71. The van der Waals surface area contributed by atoms with E-state index in [1.165, 1.54) is 0 Å². The van der Waals surface area contributed by atoms with E-state index in [-0.39, 0.29) is 0 Å². The lowest BCUT2D eigenvalue weighted by molar-refractivity contribution is -0.142. The second kappa shape index (κ2) is 3.42. The van der Waals surface area contributed by atoms with Gasteiger partial charge in [0.1, 0.15) is 12.2 Å². The van der Waals surface area contributed by atoms with Crippen LogP contribution < -0.4 is 0 Å². The van der Waals surface area contributed by atoms with E-state index >= 15 is 0 Å². The normalized spacial score (nSPS) is 13.3. The Bertz CT molecular complexity index is 347. The van der Waals surface area contributed by atoms with Crippen molar-refractivity contribution in [1.82, 2.24) is 9.55 Å². The van der Waals surface area contributed by atoms with Gasteiger partial charge in [-0.05, 0) is 0 Å². The number of imidazole rings is 1. The summed E-state index contributed by atoms with van der Waals surface area (Å²) in [6.45, 7) is 0. The molecule has 0 fully saturated rings. The zero-order valence-corrected chi connectivity index (χ0v) is 7.45. The van der Waals surface area contributed by atoms with Crippen molar-refractivity contribution in [2.45, 2.75) is 18.8 Å². The second-order valence-corrected chi connectivity index (χ2v) is 2.94. The first-order valence-corrected chi connectivity index (χ1v) is 3.76. The minimum Gasteiger partial charge on any atom is -0.337 e. The molecule has 0 aliphatic rings. The Morgan fingerprint density at radius 1 is 1.20 bits per heavy atom. The van der Waals surface area contributed by atoms with Crippen LogP contribution in [0, 0.1) is 0 Å². The molecule has 0 radical (unpaired) electrons. The minimum atomic E-state index is -4.72. The summed E-state index contributed by atoms with van der Waals surface area (Å²) >= 11 is 0. The Hall–Kier alpha value is -1.21. The molecule has 0 bridgehead atoms. The van der Waals surface area contributed by atoms with Crippen LogP contribution in [0.5, 0.6) is 0 Å². The van der Waals surface area contributed by atoms with E-state index in [0.717, 1.165) is 11.6 Å². The molecule has 1 heterocycles. The number of hydrogen-bond acceptors (Lipinski definition) is 1. The second-order valence-electron chi connectivity index (χ2n) is 2.94. The standard InChI is InChI=1S/C7H6F6N2/c1-15-3-4(7(11,12)13)14-5(15)2-6(8,9)10/h3H,2H2,1H3. The molecule has 0 amide bonds. The maximum Gasteiger partial charge on any atom is 0.434 e. The number of hydrogen-bond donors (Lipinski definition) is 0. The summed E-state index contributed by atoms with van der Waals surface area (Å²) in [5.74, 6) is -0.658. The maximum atomic E-state index is 12.1. The highest BCUT2D eigenvalue weighted by Crippen LogP contribution is 2.29. The summed E-state index contributed by atoms with van der Waals surface area (Å²) in [6.07, 6.45) is -10.2. The van der Waals surface area contributed by atoms with Gasteiger partial charge in [-0.25, -0.2) is 4.98 Å². The van der Waals surface area contributed by atoms with Crippen LogP contribution in [0.3, 0.4) is 0 Å². The molecule has 1 aromatic heterocycles. The van der Waals surface area contributed by atoms with E-state index in [4.69, 9.17) is 0 Å².